The summed E-state index contributed by atoms with van der Waals surface area (Å²) in [5.74, 6) is 0.963. The van der Waals surface area contributed by atoms with Gasteiger partial charge in [-0.25, -0.2) is 4.98 Å². The van der Waals surface area contributed by atoms with Crippen LogP contribution in [-0.2, 0) is 21.4 Å². The molecule has 0 saturated carbocycles. The second-order valence-corrected chi connectivity index (χ2v) is 8.13. The Hall–Kier alpha value is -2.73. The molecule has 4 N–H and O–H groups in total. The molecule has 0 fully saturated rings. The number of carbonyl (C=O) groups excluding carboxylic acids is 1. The number of methoxy groups -OCH3 is 1. The van der Waals surface area contributed by atoms with Crippen LogP contribution in [0.1, 0.15) is 29.8 Å². The van der Waals surface area contributed by atoms with E-state index in [1.165, 1.54) is 6.20 Å². The molecule has 0 bridgehead atoms. The molecule has 11 heteroatoms. The third-order valence-electron chi connectivity index (χ3n) is 3.52. The van der Waals surface area contributed by atoms with Gasteiger partial charge in [0.25, 0.3) is 10.1 Å². The van der Waals surface area contributed by atoms with E-state index in [9.17, 15) is 13.2 Å². The highest BCUT2D eigenvalue weighted by Gasteiger charge is 2.09. The highest BCUT2D eigenvalue weighted by molar-refractivity contribution is 7.85. The monoisotopic (exact) mass is 455 g/mol. The molecule has 172 valence electrons. The van der Waals surface area contributed by atoms with Crippen LogP contribution in [0, 0.1) is 0 Å². The maximum atomic E-state index is 11.1. The maximum absolute atomic E-state index is 11.1. The lowest BCUT2D eigenvalue weighted by Gasteiger charge is -2.12. The van der Waals surface area contributed by atoms with E-state index in [2.05, 4.69) is 10.3 Å². The van der Waals surface area contributed by atoms with E-state index < -0.39 is 16.0 Å². The third-order valence-corrected chi connectivity index (χ3v) is 3.52. The van der Waals surface area contributed by atoms with E-state index in [-0.39, 0.29) is 6.10 Å². The Morgan fingerprint density at radius 2 is 1.90 bits per heavy atom. The summed E-state index contributed by atoms with van der Waals surface area (Å²) in [5.41, 5.74) is 6.59. The second kappa shape index (κ2) is 12.8. The van der Waals surface area contributed by atoms with Gasteiger partial charge < -0.3 is 25.3 Å². The van der Waals surface area contributed by atoms with Gasteiger partial charge in [0.1, 0.15) is 0 Å². The quantitative estimate of drug-likeness (QED) is 0.361. The Morgan fingerprint density at radius 3 is 2.42 bits per heavy atom. The van der Waals surface area contributed by atoms with Gasteiger partial charge in [-0.05, 0) is 37.6 Å². The Balaban J connectivity index is 0.000000861. The van der Waals surface area contributed by atoms with E-state index in [1.807, 2.05) is 32.0 Å². The fraction of sp³-hybridized carbons (Fsp3) is 0.400. The number of nitrogens with two attached hydrogens (primary N) is 1. The van der Waals surface area contributed by atoms with Crippen molar-refractivity contribution in [2.75, 3.05) is 26.5 Å². The van der Waals surface area contributed by atoms with Crippen LogP contribution in [0.3, 0.4) is 0 Å². The van der Waals surface area contributed by atoms with Crippen molar-refractivity contribution >= 4 is 16.0 Å². The van der Waals surface area contributed by atoms with Crippen molar-refractivity contribution in [2.45, 2.75) is 26.5 Å². The normalized spacial score (nSPS) is 10.9. The first-order valence-corrected chi connectivity index (χ1v) is 11.2. The van der Waals surface area contributed by atoms with Crippen LogP contribution in [0.25, 0.3) is 0 Å². The van der Waals surface area contributed by atoms with Crippen LogP contribution < -0.4 is 20.5 Å². The maximum Gasteiger partial charge on any atom is 0.261 e. The minimum absolute atomic E-state index is 0.235. The van der Waals surface area contributed by atoms with E-state index in [0.29, 0.717) is 42.3 Å². The van der Waals surface area contributed by atoms with Crippen molar-refractivity contribution in [1.29, 1.82) is 0 Å². The second-order valence-electron chi connectivity index (χ2n) is 6.67. The molecule has 0 unspecified atom stereocenters. The minimum Gasteiger partial charge on any atom is -0.493 e. The summed E-state index contributed by atoms with van der Waals surface area (Å²) < 4.78 is 42.5. The number of hydrogen-bond acceptors (Lipinski definition) is 8. The van der Waals surface area contributed by atoms with Crippen molar-refractivity contribution in [3.63, 3.8) is 0 Å². The number of ether oxygens (including phenoxy) is 3. The smallest absolute Gasteiger partial charge is 0.261 e. The average Bonchev–Trinajstić information content (AvgIpc) is 2.67. The Bertz CT molecular complexity index is 924. The summed E-state index contributed by atoms with van der Waals surface area (Å²) in [5, 5.41) is 3.32. The van der Waals surface area contributed by atoms with Crippen molar-refractivity contribution in [3.05, 3.63) is 47.7 Å². The first kappa shape index (κ1) is 26.3. The van der Waals surface area contributed by atoms with E-state index >= 15 is 0 Å². The first-order valence-electron chi connectivity index (χ1n) is 9.35. The first-order chi connectivity index (χ1) is 14.5. The van der Waals surface area contributed by atoms with Gasteiger partial charge in [-0.15, -0.1) is 0 Å². The van der Waals surface area contributed by atoms with E-state index in [1.54, 1.807) is 19.2 Å². The molecular formula is C20H29N3O7S. The van der Waals surface area contributed by atoms with Gasteiger partial charge in [-0.2, -0.15) is 8.42 Å². The van der Waals surface area contributed by atoms with Crippen LogP contribution >= 0.6 is 0 Å². The molecule has 1 heterocycles. The molecule has 0 saturated heterocycles. The molecule has 1 aromatic heterocycles. The van der Waals surface area contributed by atoms with Crippen molar-refractivity contribution in [1.82, 2.24) is 10.3 Å². The summed E-state index contributed by atoms with van der Waals surface area (Å²) in [6.07, 6.45) is 2.33. The number of carbonyl (C=O) groups is 1. The minimum atomic E-state index is -3.67. The fourth-order valence-corrected chi connectivity index (χ4v) is 2.20. The van der Waals surface area contributed by atoms with Gasteiger partial charge >= 0.3 is 0 Å². The number of rotatable bonds is 10. The van der Waals surface area contributed by atoms with E-state index in [0.717, 1.165) is 12.1 Å². The molecule has 2 aromatic rings. The van der Waals surface area contributed by atoms with Crippen LogP contribution in [0.15, 0.2) is 36.5 Å². The molecule has 0 aliphatic heterocycles. The molecule has 2 rings (SSSR count). The van der Waals surface area contributed by atoms with E-state index in [4.69, 9.17) is 24.5 Å². The molecule has 0 spiro atoms. The number of hydrogen-bond donors (Lipinski definition) is 3. The zero-order chi connectivity index (χ0) is 23.4. The lowest BCUT2D eigenvalue weighted by atomic mass is 10.2. The molecule has 1 aromatic carbocycles. The molecule has 10 nitrogen and oxygen atoms in total. The number of benzene rings is 1. The highest BCUT2D eigenvalue weighted by atomic mass is 32.2. The van der Waals surface area contributed by atoms with Crippen molar-refractivity contribution < 1.29 is 32.0 Å². The predicted octanol–water partition coefficient (Wildman–Crippen LogP) is 2.00. The zero-order valence-electron chi connectivity index (χ0n) is 18.0. The van der Waals surface area contributed by atoms with Crippen molar-refractivity contribution in [2.24, 2.45) is 5.73 Å². The van der Waals surface area contributed by atoms with Gasteiger partial charge in [0, 0.05) is 25.4 Å². The average molecular weight is 456 g/mol. The van der Waals surface area contributed by atoms with Gasteiger partial charge in [-0.1, -0.05) is 6.07 Å². The summed E-state index contributed by atoms with van der Waals surface area (Å²) >= 11 is 0. The number of pyridine rings is 1. The molecule has 1 amide bonds. The zero-order valence-corrected chi connectivity index (χ0v) is 18.8. The molecule has 0 aliphatic carbocycles. The van der Waals surface area contributed by atoms with Gasteiger partial charge in [0.15, 0.2) is 11.5 Å². The number of nitrogens with zero attached hydrogens (tertiary/aromatic N) is 1. The van der Waals surface area contributed by atoms with Crippen LogP contribution in [0.5, 0.6) is 17.4 Å². The lowest BCUT2D eigenvalue weighted by Crippen LogP contribution is -2.20. The highest BCUT2D eigenvalue weighted by Crippen LogP contribution is 2.31. The van der Waals surface area contributed by atoms with Gasteiger partial charge in [-0.3, -0.25) is 9.35 Å². The Morgan fingerprint density at radius 1 is 1.23 bits per heavy atom. The lowest BCUT2D eigenvalue weighted by molar-refractivity contribution is 0.0807. The van der Waals surface area contributed by atoms with Crippen LogP contribution in [-0.4, -0.2) is 56.5 Å². The molecular weight excluding hydrogens is 426 g/mol. The number of primary amides is 1. The molecule has 31 heavy (non-hydrogen) atoms. The third kappa shape index (κ3) is 11.9. The number of amides is 1. The summed E-state index contributed by atoms with van der Waals surface area (Å²) in [4.78, 5) is 15.1. The Labute approximate surface area is 182 Å². The predicted molar refractivity (Wildman–Crippen MR) is 116 cm³/mol. The Kier molecular flexibility index (Phi) is 10.9. The summed E-state index contributed by atoms with van der Waals surface area (Å²) in [7, 11) is -2.08. The van der Waals surface area contributed by atoms with Crippen molar-refractivity contribution in [3.8, 4) is 17.4 Å². The van der Waals surface area contributed by atoms with Crippen LogP contribution in [0.2, 0.25) is 0 Å². The fourth-order valence-electron chi connectivity index (χ4n) is 2.20. The SMILES string of the molecule is COc1cc(CNCCOC(C)C)ccc1Oc1ccc(C(N)=O)cn1.CS(=O)(=O)O. The van der Waals surface area contributed by atoms with Gasteiger partial charge in [0.2, 0.25) is 11.8 Å². The molecule has 0 radical (unpaired) electrons. The summed E-state index contributed by atoms with van der Waals surface area (Å²) in [6, 6.07) is 8.83. The molecule has 0 atom stereocenters. The number of aromatic nitrogens is 1. The topological polar surface area (TPSA) is 150 Å². The largest absolute Gasteiger partial charge is 0.493 e. The molecule has 0 aliphatic rings. The van der Waals surface area contributed by atoms with Crippen LogP contribution in [0.4, 0.5) is 0 Å². The van der Waals surface area contributed by atoms with Gasteiger partial charge in [0.05, 0.1) is 31.6 Å². The number of nitrogens with one attached hydrogen (secondary N) is 1. The summed E-state index contributed by atoms with van der Waals surface area (Å²) in [6.45, 7) is 6.17. The standard InChI is InChI=1S/C19H25N3O4.CH4O3S/c1-13(2)25-9-8-21-11-14-4-6-16(17(10-14)24-3)26-18-7-5-15(12-22-18)19(20)23;1-5(2,3)4/h4-7,10,12-13,21H,8-9,11H2,1-3H3,(H2,20,23);1H3,(H,2,3,4).